The number of hydrogen-bond acceptors (Lipinski definition) is 3. The summed E-state index contributed by atoms with van der Waals surface area (Å²) >= 11 is 0. The highest BCUT2D eigenvalue weighted by molar-refractivity contribution is 5.63. The first-order chi connectivity index (χ1) is 11.2. The molecule has 1 N–H and O–H groups in total. The van der Waals surface area contributed by atoms with E-state index >= 15 is 0 Å². The van der Waals surface area contributed by atoms with Gasteiger partial charge in [-0.2, -0.15) is 0 Å². The summed E-state index contributed by atoms with van der Waals surface area (Å²) in [5.74, 6) is 0.680. The topological polar surface area (TPSA) is 49.0 Å². The molecule has 122 valence electrons. The Kier molecular flexibility index (Phi) is 4.79. The molecule has 1 aliphatic rings. The van der Waals surface area contributed by atoms with Gasteiger partial charge in [0.15, 0.2) is 0 Å². The molecule has 1 aromatic heterocycles. The molecule has 23 heavy (non-hydrogen) atoms. The van der Waals surface area contributed by atoms with E-state index in [0.29, 0.717) is 5.95 Å². The summed E-state index contributed by atoms with van der Waals surface area (Å²) in [4.78, 5) is 22.3. The van der Waals surface area contributed by atoms with Crippen molar-refractivity contribution >= 4 is 11.6 Å². The lowest BCUT2D eigenvalue weighted by Gasteiger charge is -2.30. The maximum Gasteiger partial charge on any atom is 0.255 e. The molecule has 0 saturated carbocycles. The van der Waals surface area contributed by atoms with E-state index in [4.69, 9.17) is 4.98 Å². The molecule has 2 aromatic rings. The van der Waals surface area contributed by atoms with E-state index in [9.17, 15) is 4.79 Å². The number of nitrogens with one attached hydrogen (secondary N) is 1. The van der Waals surface area contributed by atoms with Crippen LogP contribution >= 0.6 is 0 Å². The van der Waals surface area contributed by atoms with Gasteiger partial charge in [0, 0.05) is 23.5 Å². The SMILES string of the molecule is CCCCCc1c(C)nc(N2CCCc3ccccc32)[nH]c1=O. The number of unbranched alkanes of at least 4 members (excludes halogenated alkanes) is 2. The smallest absolute Gasteiger partial charge is 0.255 e. The summed E-state index contributed by atoms with van der Waals surface area (Å²) < 4.78 is 0. The second-order valence-electron chi connectivity index (χ2n) is 6.29. The van der Waals surface area contributed by atoms with Crippen molar-refractivity contribution in [1.29, 1.82) is 0 Å². The van der Waals surface area contributed by atoms with E-state index in [0.717, 1.165) is 56.3 Å². The van der Waals surface area contributed by atoms with Crippen LogP contribution in [-0.4, -0.2) is 16.5 Å². The summed E-state index contributed by atoms with van der Waals surface area (Å²) in [6.45, 7) is 5.02. The predicted octanol–water partition coefficient (Wildman–Crippen LogP) is 3.90. The van der Waals surface area contributed by atoms with Crippen molar-refractivity contribution in [2.45, 2.75) is 52.4 Å². The number of benzene rings is 1. The first-order valence-electron chi connectivity index (χ1n) is 8.66. The quantitative estimate of drug-likeness (QED) is 0.852. The van der Waals surface area contributed by atoms with Gasteiger partial charge in [0.1, 0.15) is 0 Å². The molecule has 0 spiro atoms. The number of nitrogens with zero attached hydrogens (tertiary/aromatic N) is 2. The average Bonchev–Trinajstić information content (AvgIpc) is 2.56. The van der Waals surface area contributed by atoms with Gasteiger partial charge in [0.25, 0.3) is 5.56 Å². The molecule has 1 aromatic carbocycles. The van der Waals surface area contributed by atoms with Crippen LogP contribution in [0.1, 0.15) is 49.4 Å². The fraction of sp³-hybridized carbons (Fsp3) is 0.474. The van der Waals surface area contributed by atoms with Gasteiger partial charge in [-0.3, -0.25) is 9.78 Å². The minimum atomic E-state index is 0.0201. The minimum absolute atomic E-state index is 0.0201. The molecule has 0 unspecified atom stereocenters. The zero-order valence-corrected chi connectivity index (χ0v) is 14.1. The minimum Gasteiger partial charge on any atom is -0.312 e. The molecule has 1 aliphatic heterocycles. The van der Waals surface area contributed by atoms with Gasteiger partial charge in [0.2, 0.25) is 5.95 Å². The number of aromatic amines is 1. The van der Waals surface area contributed by atoms with Gasteiger partial charge in [0.05, 0.1) is 0 Å². The van der Waals surface area contributed by atoms with E-state index in [-0.39, 0.29) is 5.56 Å². The molecule has 0 saturated heterocycles. The third kappa shape index (κ3) is 3.31. The molecular formula is C19H25N3O. The molecule has 0 amide bonds. The summed E-state index contributed by atoms with van der Waals surface area (Å²) in [6.07, 6.45) is 6.35. The maximum absolute atomic E-state index is 12.5. The lowest BCUT2D eigenvalue weighted by Crippen LogP contribution is -2.29. The third-order valence-electron chi connectivity index (χ3n) is 4.61. The molecule has 0 bridgehead atoms. The first-order valence-corrected chi connectivity index (χ1v) is 8.66. The normalized spacial score (nSPS) is 13.9. The molecule has 4 nitrogen and oxygen atoms in total. The van der Waals surface area contributed by atoms with E-state index in [1.165, 1.54) is 11.3 Å². The fourth-order valence-electron chi connectivity index (χ4n) is 3.32. The van der Waals surface area contributed by atoms with E-state index < -0.39 is 0 Å². The second-order valence-corrected chi connectivity index (χ2v) is 6.29. The highest BCUT2D eigenvalue weighted by Gasteiger charge is 2.20. The zero-order chi connectivity index (χ0) is 16.2. The van der Waals surface area contributed by atoms with Crippen LogP contribution in [0, 0.1) is 6.92 Å². The maximum atomic E-state index is 12.5. The number of para-hydroxylation sites is 1. The Labute approximate surface area is 137 Å². The third-order valence-corrected chi connectivity index (χ3v) is 4.61. The van der Waals surface area contributed by atoms with Crippen molar-refractivity contribution < 1.29 is 0 Å². The van der Waals surface area contributed by atoms with Gasteiger partial charge in [-0.05, 0) is 44.2 Å². The van der Waals surface area contributed by atoms with Crippen LogP contribution in [0.3, 0.4) is 0 Å². The molecular weight excluding hydrogens is 286 g/mol. The van der Waals surface area contributed by atoms with Crippen molar-refractivity contribution in [1.82, 2.24) is 9.97 Å². The standard InChI is InChI=1S/C19H25N3O/c1-3-4-5-11-16-14(2)20-19(21-18(16)23)22-13-8-10-15-9-6-7-12-17(15)22/h6-7,9,12H,3-5,8,10-11,13H2,1-2H3,(H,20,21,23). The largest absolute Gasteiger partial charge is 0.312 e. The predicted molar refractivity (Wildman–Crippen MR) is 94.6 cm³/mol. The van der Waals surface area contributed by atoms with E-state index in [1.54, 1.807) is 0 Å². The molecule has 2 heterocycles. The van der Waals surface area contributed by atoms with Crippen LogP contribution in [0.2, 0.25) is 0 Å². The van der Waals surface area contributed by atoms with Crippen molar-refractivity contribution in [3.63, 3.8) is 0 Å². The highest BCUT2D eigenvalue weighted by Crippen LogP contribution is 2.31. The monoisotopic (exact) mass is 311 g/mol. The van der Waals surface area contributed by atoms with E-state index in [1.807, 2.05) is 13.0 Å². The average molecular weight is 311 g/mol. The van der Waals surface area contributed by atoms with E-state index in [2.05, 4.69) is 35.0 Å². The Bertz CT molecular complexity index is 736. The van der Waals surface area contributed by atoms with Gasteiger partial charge >= 0.3 is 0 Å². The molecule has 0 aliphatic carbocycles. The van der Waals surface area contributed by atoms with Crippen LogP contribution in [0.15, 0.2) is 29.1 Å². The van der Waals surface area contributed by atoms with Crippen LogP contribution < -0.4 is 10.5 Å². The van der Waals surface area contributed by atoms with Crippen molar-refractivity contribution in [2.75, 3.05) is 11.4 Å². The number of H-pyrrole nitrogens is 1. The summed E-state index contributed by atoms with van der Waals surface area (Å²) in [7, 11) is 0. The zero-order valence-electron chi connectivity index (χ0n) is 14.1. The lowest BCUT2D eigenvalue weighted by atomic mass is 10.0. The Hall–Kier alpha value is -2.10. The summed E-state index contributed by atoms with van der Waals surface area (Å²) in [6, 6.07) is 8.38. The molecule has 0 radical (unpaired) electrons. The Morgan fingerprint density at radius 3 is 2.87 bits per heavy atom. The number of anilines is 2. The number of hydrogen-bond donors (Lipinski definition) is 1. The Morgan fingerprint density at radius 1 is 1.26 bits per heavy atom. The number of fused-ring (bicyclic) bond motifs is 1. The van der Waals surface area contributed by atoms with Gasteiger partial charge in [-0.1, -0.05) is 38.0 Å². The number of rotatable bonds is 5. The molecule has 3 rings (SSSR count). The van der Waals surface area contributed by atoms with Gasteiger partial charge in [-0.15, -0.1) is 0 Å². The number of aromatic nitrogens is 2. The molecule has 0 fully saturated rings. The van der Waals surface area contributed by atoms with Crippen molar-refractivity contribution in [3.05, 3.63) is 51.4 Å². The fourth-order valence-corrected chi connectivity index (χ4v) is 3.32. The van der Waals surface area contributed by atoms with Gasteiger partial charge in [-0.25, -0.2) is 4.98 Å². The lowest BCUT2D eigenvalue weighted by molar-refractivity contribution is 0.702. The summed E-state index contributed by atoms with van der Waals surface area (Å²) in [5, 5.41) is 0. The first kappa shape index (κ1) is 15.8. The second kappa shape index (κ2) is 6.99. The van der Waals surface area contributed by atoms with Crippen molar-refractivity contribution in [2.24, 2.45) is 0 Å². The van der Waals surface area contributed by atoms with Crippen LogP contribution in [0.5, 0.6) is 0 Å². The molecule has 0 atom stereocenters. The Balaban J connectivity index is 1.92. The van der Waals surface area contributed by atoms with Crippen LogP contribution in [0.25, 0.3) is 0 Å². The number of aryl methyl sites for hydroxylation is 2. The highest BCUT2D eigenvalue weighted by atomic mass is 16.1. The van der Waals surface area contributed by atoms with Gasteiger partial charge < -0.3 is 4.90 Å². The molecule has 4 heteroatoms. The Morgan fingerprint density at radius 2 is 2.09 bits per heavy atom. The summed E-state index contributed by atoms with van der Waals surface area (Å²) in [5.41, 5.74) is 4.22. The van der Waals surface area contributed by atoms with Crippen LogP contribution in [0.4, 0.5) is 11.6 Å². The van der Waals surface area contributed by atoms with Crippen molar-refractivity contribution in [3.8, 4) is 0 Å². The van der Waals surface area contributed by atoms with Crippen LogP contribution in [-0.2, 0) is 12.8 Å².